The molecule has 1 saturated heterocycles. The fourth-order valence-corrected chi connectivity index (χ4v) is 5.39. The average Bonchev–Trinajstić information content (AvgIpc) is 3.31. The molecule has 0 radical (unpaired) electrons. The molecule has 0 spiro atoms. The van der Waals surface area contributed by atoms with Crippen LogP contribution in [0.4, 0.5) is 11.5 Å². The highest BCUT2D eigenvalue weighted by atomic mass is 16.5. The molecule has 2 aromatic carbocycles. The third-order valence-electron chi connectivity index (χ3n) is 7.32. The van der Waals surface area contributed by atoms with Crippen molar-refractivity contribution in [2.75, 3.05) is 23.3 Å². The van der Waals surface area contributed by atoms with Gasteiger partial charge >= 0.3 is 0 Å². The molecular weight excluding hydrogens is 478 g/mol. The lowest BCUT2D eigenvalue weighted by Crippen LogP contribution is -2.44. The Kier molecular flexibility index (Phi) is 6.95. The van der Waals surface area contributed by atoms with Gasteiger partial charge in [0.25, 0.3) is 5.91 Å². The zero-order valence-electron chi connectivity index (χ0n) is 21.4. The average molecular weight is 508 g/mol. The van der Waals surface area contributed by atoms with E-state index >= 15 is 0 Å². The Hall–Kier alpha value is -4.48. The second-order valence-electron chi connectivity index (χ2n) is 9.62. The van der Waals surface area contributed by atoms with E-state index in [1.807, 2.05) is 60.7 Å². The van der Waals surface area contributed by atoms with Crippen LogP contribution in [0, 0.1) is 31.1 Å². The van der Waals surface area contributed by atoms with Gasteiger partial charge in [-0.1, -0.05) is 65.8 Å². The maximum Gasteiger partial charge on any atom is 0.261 e. The number of amides is 1. The Balaban J connectivity index is 1.34. The third-order valence-corrected chi connectivity index (χ3v) is 7.32. The molecule has 3 heterocycles. The Bertz CT molecular complexity index is 1410. The van der Waals surface area contributed by atoms with E-state index in [1.165, 1.54) is 0 Å². The maximum absolute atomic E-state index is 12.7. The van der Waals surface area contributed by atoms with Crippen molar-refractivity contribution in [2.24, 2.45) is 5.92 Å². The van der Waals surface area contributed by atoms with Crippen molar-refractivity contribution in [2.45, 2.75) is 32.3 Å². The summed E-state index contributed by atoms with van der Waals surface area (Å²) < 4.78 is 5.08. The van der Waals surface area contributed by atoms with Gasteiger partial charge in [0, 0.05) is 13.1 Å². The van der Waals surface area contributed by atoms with Crippen LogP contribution in [0.15, 0.2) is 77.4 Å². The molecule has 2 N–H and O–H groups in total. The van der Waals surface area contributed by atoms with Gasteiger partial charge in [-0.15, -0.1) is 0 Å². The molecule has 1 fully saturated rings. The fourth-order valence-electron chi connectivity index (χ4n) is 5.39. The number of anilines is 2. The Morgan fingerprint density at radius 3 is 2.21 bits per heavy atom. The van der Waals surface area contributed by atoms with Crippen LogP contribution in [0.1, 0.15) is 51.3 Å². The number of nitrogens with one attached hydrogen (secondary N) is 1. The smallest absolute Gasteiger partial charge is 0.261 e. The van der Waals surface area contributed by atoms with Crippen molar-refractivity contribution < 1.29 is 14.4 Å². The maximum atomic E-state index is 12.7. The van der Waals surface area contributed by atoms with Crippen molar-refractivity contribution in [1.82, 2.24) is 10.1 Å². The molecule has 1 aliphatic rings. The van der Waals surface area contributed by atoms with Gasteiger partial charge in [0.05, 0.1) is 23.1 Å². The van der Waals surface area contributed by atoms with E-state index in [9.17, 15) is 15.2 Å². The largest absolute Gasteiger partial charge is 0.380 e. The van der Waals surface area contributed by atoms with Gasteiger partial charge in [0.1, 0.15) is 28.8 Å². The summed E-state index contributed by atoms with van der Waals surface area (Å²) in [5.41, 5.74) is 2.30. The summed E-state index contributed by atoms with van der Waals surface area (Å²) in [6.45, 7) is 4.66. The molecule has 38 heavy (non-hydrogen) atoms. The van der Waals surface area contributed by atoms with E-state index in [1.54, 1.807) is 26.1 Å². The molecule has 2 aromatic heterocycles. The first-order valence-electron chi connectivity index (χ1n) is 12.6. The highest BCUT2D eigenvalue weighted by molar-refractivity contribution is 6.05. The highest BCUT2D eigenvalue weighted by Gasteiger charge is 2.41. The summed E-state index contributed by atoms with van der Waals surface area (Å²) in [5.74, 6) is 0.632. The highest BCUT2D eigenvalue weighted by Crippen LogP contribution is 2.42. The molecule has 0 atom stereocenters. The normalized spacial score (nSPS) is 14.2. The van der Waals surface area contributed by atoms with E-state index in [-0.39, 0.29) is 11.8 Å². The van der Waals surface area contributed by atoms with E-state index in [2.05, 4.69) is 26.4 Å². The van der Waals surface area contributed by atoms with Crippen molar-refractivity contribution in [1.29, 1.82) is 5.26 Å². The molecule has 8 heteroatoms. The Morgan fingerprint density at radius 2 is 1.68 bits per heavy atom. The topological polar surface area (TPSA) is 115 Å². The number of carbonyl (C=O) groups is 1. The number of aromatic nitrogens is 2. The van der Waals surface area contributed by atoms with Crippen LogP contribution in [0.2, 0.25) is 0 Å². The number of piperidine rings is 1. The standard InChI is InChI=1S/C30H29N5O3/c1-20-27(21(2)38-34-20)29(36)33-26-17-22(18-31)28(32-19-26)35-15-13-25(14-16-35)30(37,23-9-5-3-6-10-23)24-11-7-4-8-12-24/h3-12,17,19,25,37H,13-16H2,1-2H3,(H,33,36). The first-order valence-corrected chi connectivity index (χ1v) is 12.6. The minimum Gasteiger partial charge on any atom is -0.380 e. The van der Waals surface area contributed by atoms with Gasteiger partial charge in [-0.05, 0) is 49.8 Å². The number of nitriles is 1. The van der Waals surface area contributed by atoms with E-state index in [0.29, 0.717) is 47.2 Å². The zero-order valence-corrected chi connectivity index (χ0v) is 21.4. The van der Waals surface area contributed by atoms with Crippen LogP contribution in [0.25, 0.3) is 0 Å². The van der Waals surface area contributed by atoms with Crippen molar-refractivity contribution in [3.8, 4) is 6.07 Å². The second kappa shape index (κ2) is 10.5. The minimum atomic E-state index is -1.12. The zero-order chi connectivity index (χ0) is 26.7. The van der Waals surface area contributed by atoms with Gasteiger partial charge in [0.15, 0.2) is 0 Å². The van der Waals surface area contributed by atoms with Crippen molar-refractivity contribution >= 4 is 17.4 Å². The summed E-state index contributed by atoms with van der Waals surface area (Å²) >= 11 is 0. The number of benzene rings is 2. The van der Waals surface area contributed by atoms with Gasteiger partial charge in [0.2, 0.25) is 0 Å². The quantitative estimate of drug-likeness (QED) is 0.379. The van der Waals surface area contributed by atoms with Gasteiger partial charge in [-0.2, -0.15) is 5.26 Å². The van der Waals surface area contributed by atoms with Crippen LogP contribution in [0.5, 0.6) is 0 Å². The molecular formula is C30H29N5O3. The molecule has 0 unspecified atom stereocenters. The van der Waals surface area contributed by atoms with Gasteiger partial charge in [-0.25, -0.2) is 4.98 Å². The first kappa shape index (κ1) is 25.2. The van der Waals surface area contributed by atoms with Gasteiger partial charge < -0.3 is 19.8 Å². The number of hydrogen-bond donors (Lipinski definition) is 2. The van der Waals surface area contributed by atoms with E-state index in [0.717, 1.165) is 24.0 Å². The summed E-state index contributed by atoms with van der Waals surface area (Å²) in [7, 11) is 0. The van der Waals surface area contributed by atoms with Gasteiger partial charge in [-0.3, -0.25) is 4.79 Å². The molecule has 0 bridgehead atoms. The third kappa shape index (κ3) is 4.64. The first-order chi connectivity index (χ1) is 18.4. The van der Waals surface area contributed by atoms with E-state index < -0.39 is 5.60 Å². The molecule has 1 amide bonds. The number of carbonyl (C=O) groups excluding carboxylic acids is 1. The molecule has 5 rings (SSSR count). The van der Waals surface area contributed by atoms with Crippen LogP contribution in [-0.4, -0.2) is 34.2 Å². The van der Waals surface area contributed by atoms with Crippen LogP contribution >= 0.6 is 0 Å². The Labute approximate surface area is 221 Å². The van der Waals surface area contributed by atoms with Crippen LogP contribution in [-0.2, 0) is 5.60 Å². The lowest BCUT2D eigenvalue weighted by Gasteiger charge is -2.42. The molecule has 8 nitrogen and oxygen atoms in total. The summed E-state index contributed by atoms with van der Waals surface area (Å²) in [4.78, 5) is 19.3. The van der Waals surface area contributed by atoms with Crippen LogP contribution < -0.4 is 10.2 Å². The number of aliphatic hydroxyl groups is 1. The fraction of sp³-hybridized carbons (Fsp3) is 0.267. The second-order valence-corrected chi connectivity index (χ2v) is 9.62. The lowest BCUT2D eigenvalue weighted by atomic mass is 9.72. The minimum absolute atomic E-state index is 0.0114. The number of hydrogen-bond acceptors (Lipinski definition) is 7. The summed E-state index contributed by atoms with van der Waals surface area (Å²) in [5, 5.41) is 28.6. The monoisotopic (exact) mass is 507 g/mol. The molecule has 0 aliphatic carbocycles. The van der Waals surface area contributed by atoms with Crippen molar-refractivity contribution in [3.05, 3.63) is 107 Å². The molecule has 192 valence electrons. The Morgan fingerprint density at radius 1 is 1.08 bits per heavy atom. The summed E-state index contributed by atoms with van der Waals surface area (Å²) in [6, 6.07) is 23.5. The molecule has 0 saturated carbocycles. The van der Waals surface area contributed by atoms with E-state index in [4.69, 9.17) is 4.52 Å². The SMILES string of the molecule is Cc1noc(C)c1C(=O)Nc1cnc(N2CCC(C(O)(c3ccccc3)c3ccccc3)CC2)c(C#N)c1. The molecule has 4 aromatic rings. The predicted octanol–water partition coefficient (Wildman–Crippen LogP) is 4.96. The molecule has 1 aliphatic heterocycles. The number of rotatable bonds is 6. The number of aryl methyl sites for hydroxylation is 2. The van der Waals surface area contributed by atoms with Crippen LogP contribution in [0.3, 0.4) is 0 Å². The summed E-state index contributed by atoms with van der Waals surface area (Å²) in [6.07, 6.45) is 3.00. The number of nitrogens with zero attached hydrogens (tertiary/aromatic N) is 4. The predicted molar refractivity (Wildman–Crippen MR) is 144 cm³/mol. The van der Waals surface area contributed by atoms with Crippen molar-refractivity contribution in [3.63, 3.8) is 0 Å². The lowest BCUT2D eigenvalue weighted by molar-refractivity contribution is 0.00500. The number of pyridine rings is 1.